The zero-order valence-corrected chi connectivity index (χ0v) is 12.2. The number of benzene rings is 1. The summed E-state index contributed by atoms with van der Waals surface area (Å²) in [6.45, 7) is 2.09. The molecule has 0 radical (unpaired) electrons. The Morgan fingerprint density at radius 2 is 2.00 bits per heavy atom. The summed E-state index contributed by atoms with van der Waals surface area (Å²) in [7, 11) is 0. The van der Waals surface area contributed by atoms with Crippen LogP contribution in [0.1, 0.15) is 11.6 Å². The average Bonchev–Trinajstić information content (AvgIpc) is 2.31. The van der Waals surface area contributed by atoms with Crippen molar-refractivity contribution in [1.29, 1.82) is 0 Å². The quantitative estimate of drug-likeness (QED) is 0.850. The zero-order chi connectivity index (χ0) is 13.2. The van der Waals surface area contributed by atoms with Crippen LogP contribution in [0.5, 0.6) is 5.75 Å². The van der Waals surface area contributed by atoms with Crippen LogP contribution < -0.4 is 15.4 Å². The van der Waals surface area contributed by atoms with Crippen LogP contribution in [-0.4, -0.2) is 26.0 Å². The van der Waals surface area contributed by atoms with Crippen LogP contribution in [0.4, 0.5) is 13.2 Å². The Hall–Kier alpha value is -0.500. The molecule has 1 aromatic carbocycles. The van der Waals surface area contributed by atoms with Crippen LogP contribution >= 0.6 is 28.3 Å². The Morgan fingerprint density at radius 1 is 1.26 bits per heavy atom. The van der Waals surface area contributed by atoms with Gasteiger partial charge in [-0.25, -0.2) is 0 Å². The average molecular weight is 362 g/mol. The molecule has 0 aromatic heterocycles. The topological polar surface area (TPSA) is 33.3 Å². The van der Waals surface area contributed by atoms with Crippen molar-refractivity contribution < 1.29 is 17.9 Å². The standard InChI is InChI=1S/C11H12BrF3N2O.ClH/c12-7-1-2-10(18-11(13,14)15)8(5-7)9-6-16-3-4-17-9;/h1-2,5,9,16-17H,3-4,6H2;1H/t9-;/m1./s1. The van der Waals surface area contributed by atoms with E-state index in [2.05, 4.69) is 31.3 Å². The highest BCUT2D eigenvalue weighted by atomic mass is 79.9. The third-order valence-electron chi connectivity index (χ3n) is 2.61. The fraction of sp³-hybridized carbons (Fsp3) is 0.455. The molecule has 0 aliphatic carbocycles. The van der Waals surface area contributed by atoms with E-state index in [9.17, 15) is 13.2 Å². The molecule has 1 aliphatic heterocycles. The maximum absolute atomic E-state index is 12.3. The van der Waals surface area contributed by atoms with Crippen LogP contribution in [0.15, 0.2) is 22.7 Å². The predicted octanol–water partition coefficient (Wildman–Crippen LogP) is 3.00. The molecular weight excluding hydrogens is 348 g/mol. The second kappa shape index (κ2) is 6.78. The number of ether oxygens (including phenoxy) is 1. The molecule has 0 amide bonds. The van der Waals surface area contributed by atoms with Gasteiger partial charge in [-0.2, -0.15) is 0 Å². The number of nitrogens with one attached hydrogen (secondary N) is 2. The van der Waals surface area contributed by atoms with Gasteiger partial charge in [-0.15, -0.1) is 25.6 Å². The lowest BCUT2D eigenvalue weighted by Gasteiger charge is -2.26. The summed E-state index contributed by atoms with van der Waals surface area (Å²) in [6, 6.07) is 4.31. The molecule has 0 bridgehead atoms. The molecule has 19 heavy (non-hydrogen) atoms. The van der Waals surface area contributed by atoms with Crippen molar-refractivity contribution in [1.82, 2.24) is 10.6 Å². The SMILES string of the molecule is Cl.FC(F)(F)Oc1ccc(Br)cc1[C@H]1CNCCN1. The molecule has 0 saturated carbocycles. The molecule has 2 N–H and O–H groups in total. The molecule has 0 spiro atoms. The van der Waals surface area contributed by atoms with E-state index in [1.54, 1.807) is 6.07 Å². The normalized spacial score (nSPS) is 19.7. The molecule has 1 atom stereocenters. The van der Waals surface area contributed by atoms with Crippen LogP contribution in [0.2, 0.25) is 0 Å². The molecule has 1 aliphatic rings. The first-order valence-electron chi connectivity index (χ1n) is 5.45. The van der Waals surface area contributed by atoms with Crippen LogP contribution in [0.25, 0.3) is 0 Å². The van der Waals surface area contributed by atoms with Crippen molar-refractivity contribution in [3.05, 3.63) is 28.2 Å². The summed E-state index contributed by atoms with van der Waals surface area (Å²) in [5.74, 6) is -0.160. The van der Waals surface area contributed by atoms with Crippen LogP contribution in [0.3, 0.4) is 0 Å². The Morgan fingerprint density at radius 3 is 2.58 bits per heavy atom. The van der Waals surface area contributed by atoms with Gasteiger partial charge >= 0.3 is 6.36 Å². The highest BCUT2D eigenvalue weighted by Gasteiger charge is 2.33. The van der Waals surface area contributed by atoms with Gasteiger partial charge in [0.05, 0.1) is 0 Å². The smallest absolute Gasteiger partial charge is 0.405 e. The van der Waals surface area contributed by atoms with E-state index in [1.165, 1.54) is 12.1 Å². The summed E-state index contributed by atoms with van der Waals surface area (Å²) >= 11 is 3.26. The minimum Gasteiger partial charge on any atom is -0.405 e. The monoisotopic (exact) mass is 360 g/mol. The van der Waals surface area contributed by atoms with Crippen LogP contribution in [0, 0.1) is 0 Å². The number of alkyl halides is 3. The highest BCUT2D eigenvalue weighted by Crippen LogP contribution is 2.32. The third kappa shape index (κ3) is 4.83. The number of rotatable bonds is 2. The van der Waals surface area contributed by atoms with E-state index in [1.807, 2.05) is 0 Å². The lowest BCUT2D eigenvalue weighted by molar-refractivity contribution is -0.275. The van der Waals surface area contributed by atoms with Crippen molar-refractivity contribution in [2.75, 3.05) is 19.6 Å². The fourth-order valence-electron chi connectivity index (χ4n) is 1.88. The molecule has 1 fully saturated rings. The first kappa shape index (κ1) is 16.6. The van der Waals surface area contributed by atoms with Gasteiger partial charge in [-0.1, -0.05) is 15.9 Å². The Balaban J connectivity index is 0.00000180. The number of halogens is 5. The van der Waals surface area contributed by atoms with E-state index in [0.29, 0.717) is 18.7 Å². The molecular formula is C11H13BrClF3N2O. The van der Waals surface area contributed by atoms with Crippen molar-refractivity contribution in [2.24, 2.45) is 0 Å². The predicted molar refractivity (Wildman–Crippen MR) is 71.7 cm³/mol. The summed E-state index contributed by atoms with van der Waals surface area (Å²) in [5.41, 5.74) is 0.494. The van der Waals surface area contributed by atoms with Crippen molar-refractivity contribution in [3.63, 3.8) is 0 Å². The molecule has 0 unspecified atom stereocenters. The zero-order valence-electron chi connectivity index (χ0n) is 9.76. The van der Waals surface area contributed by atoms with Gasteiger partial charge in [0.15, 0.2) is 0 Å². The van der Waals surface area contributed by atoms with Crippen LogP contribution in [-0.2, 0) is 0 Å². The molecule has 1 aromatic rings. The second-order valence-corrected chi connectivity index (χ2v) is 4.86. The van der Waals surface area contributed by atoms with Crippen molar-refractivity contribution in [3.8, 4) is 5.75 Å². The number of hydrogen-bond acceptors (Lipinski definition) is 3. The Kier molecular flexibility index (Phi) is 5.91. The maximum atomic E-state index is 12.3. The first-order chi connectivity index (χ1) is 8.46. The van der Waals surface area contributed by atoms with Gasteiger partial charge in [-0.3, -0.25) is 0 Å². The molecule has 1 saturated heterocycles. The summed E-state index contributed by atoms with van der Waals surface area (Å²) in [6.07, 6.45) is -4.68. The molecule has 108 valence electrons. The summed E-state index contributed by atoms with van der Waals surface area (Å²) < 4.78 is 41.7. The third-order valence-corrected chi connectivity index (χ3v) is 3.11. The van der Waals surface area contributed by atoms with Gasteiger partial charge in [0.25, 0.3) is 0 Å². The molecule has 2 rings (SSSR count). The minimum absolute atomic E-state index is 0. The second-order valence-electron chi connectivity index (χ2n) is 3.94. The number of piperazine rings is 1. The fourth-order valence-corrected chi connectivity index (χ4v) is 2.26. The van der Waals surface area contributed by atoms with Gasteiger partial charge < -0.3 is 15.4 Å². The molecule has 8 heteroatoms. The van der Waals surface area contributed by atoms with Gasteiger partial charge in [0.1, 0.15) is 5.75 Å². The maximum Gasteiger partial charge on any atom is 0.573 e. The highest BCUT2D eigenvalue weighted by molar-refractivity contribution is 9.10. The lowest BCUT2D eigenvalue weighted by Crippen LogP contribution is -2.42. The van der Waals surface area contributed by atoms with Gasteiger partial charge in [0, 0.05) is 35.7 Å². The molecule has 3 nitrogen and oxygen atoms in total. The lowest BCUT2D eigenvalue weighted by atomic mass is 10.0. The minimum atomic E-state index is -4.68. The Bertz CT molecular complexity index is 425. The van der Waals surface area contributed by atoms with Gasteiger partial charge in [0.2, 0.25) is 0 Å². The van der Waals surface area contributed by atoms with Gasteiger partial charge in [-0.05, 0) is 18.2 Å². The largest absolute Gasteiger partial charge is 0.573 e. The van der Waals surface area contributed by atoms with E-state index >= 15 is 0 Å². The van der Waals surface area contributed by atoms with Crippen molar-refractivity contribution in [2.45, 2.75) is 12.4 Å². The summed E-state index contributed by atoms with van der Waals surface area (Å²) in [4.78, 5) is 0. The van der Waals surface area contributed by atoms with E-state index < -0.39 is 6.36 Å². The number of hydrogen-bond donors (Lipinski definition) is 2. The first-order valence-corrected chi connectivity index (χ1v) is 6.24. The summed E-state index contributed by atoms with van der Waals surface area (Å²) in [5, 5.41) is 6.29. The molecule has 1 heterocycles. The van der Waals surface area contributed by atoms with E-state index in [4.69, 9.17) is 0 Å². The van der Waals surface area contributed by atoms with E-state index in [-0.39, 0.29) is 24.2 Å². The van der Waals surface area contributed by atoms with E-state index in [0.717, 1.165) is 11.0 Å². The Labute approximate surface area is 123 Å². The van der Waals surface area contributed by atoms with Crippen molar-refractivity contribution >= 4 is 28.3 Å².